The molecule has 1 saturated heterocycles. The van der Waals surface area contributed by atoms with Crippen LogP contribution in [0.3, 0.4) is 0 Å². The largest absolute Gasteiger partial charge is 0.370 e. The smallest absolute Gasteiger partial charge is 0.255 e. The van der Waals surface area contributed by atoms with E-state index in [1.807, 2.05) is 24.3 Å². The Hall–Kier alpha value is -2.38. The number of sulfonamides is 1. The van der Waals surface area contributed by atoms with E-state index in [4.69, 9.17) is 0 Å². The van der Waals surface area contributed by atoms with Gasteiger partial charge in [0, 0.05) is 25.2 Å². The summed E-state index contributed by atoms with van der Waals surface area (Å²) in [6.45, 7) is 3.96. The summed E-state index contributed by atoms with van der Waals surface area (Å²) in [6.07, 6.45) is 3.53. The first-order valence-electron chi connectivity index (χ1n) is 9.26. The fourth-order valence-corrected chi connectivity index (χ4v) is 4.35. The number of carbonyl (C=O) groups is 1. The molecule has 1 heterocycles. The molecule has 2 aromatic rings. The van der Waals surface area contributed by atoms with Crippen LogP contribution in [0.4, 0.5) is 11.4 Å². The van der Waals surface area contributed by atoms with E-state index in [0.29, 0.717) is 12.1 Å². The second-order valence-electron chi connectivity index (χ2n) is 6.55. The average molecular weight is 388 g/mol. The molecule has 3 rings (SSSR count). The first kappa shape index (κ1) is 19.4. The van der Waals surface area contributed by atoms with Gasteiger partial charge in [0.25, 0.3) is 5.91 Å². The highest BCUT2D eigenvalue weighted by Gasteiger charge is 2.18. The van der Waals surface area contributed by atoms with Crippen LogP contribution in [0.25, 0.3) is 0 Å². The summed E-state index contributed by atoms with van der Waals surface area (Å²) < 4.78 is 26.8. The van der Waals surface area contributed by atoms with Gasteiger partial charge < -0.3 is 10.2 Å². The Balaban J connectivity index is 1.82. The lowest BCUT2D eigenvalue weighted by atomic mass is 10.1. The summed E-state index contributed by atoms with van der Waals surface area (Å²) in [6, 6.07) is 13.8. The minimum Gasteiger partial charge on any atom is -0.370 e. The Morgan fingerprint density at radius 2 is 1.78 bits per heavy atom. The molecule has 0 aromatic heterocycles. The van der Waals surface area contributed by atoms with Gasteiger partial charge in [0.2, 0.25) is 10.0 Å². The van der Waals surface area contributed by atoms with E-state index in [1.165, 1.54) is 18.6 Å². The van der Waals surface area contributed by atoms with Crippen molar-refractivity contribution < 1.29 is 13.2 Å². The van der Waals surface area contributed by atoms with Crippen LogP contribution >= 0.6 is 0 Å². The van der Waals surface area contributed by atoms with Gasteiger partial charge in [-0.15, -0.1) is 0 Å². The fourth-order valence-electron chi connectivity index (χ4n) is 3.26. The summed E-state index contributed by atoms with van der Waals surface area (Å²) in [5.74, 6) is -0.326. The standard InChI is InChI=1S/C20H25N3O3S/c1-2-21-27(25,26)17-10-8-9-16(15-17)20(24)22-18-11-4-5-12-19(18)23-13-6-3-7-14-23/h4-5,8-12,15,21H,2-3,6-7,13-14H2,1H3,(H,22,24). The number of piperidine rings is 1. The summed E-state index contributed by atoms with van der Waals surface area (Å²) >= 11 is 0. The Labute approximate surface area is 160 Å². The number of benzene rings is 2. The number of rotatable bonds is 6. The molecule has 0 aliphatic carbocycles. The van der Waals surface area contributed by atoms with E-state index in [2.05, 4.69) is 14.9 Å². The Morgan fingerprint density at radius 1 is 1.04 bits per heavy atom. The first-order valence-corrected chi connectivity index (χ1v) is 10.7. The highest BCUT2D eigenvalue weighted by Crippen LogP contribution is 2.28. The SMILES string of the molecule is CCNS(=O)(=O)c1cccc(C(=O)Nc2ccccc2N2CCCCC2)c1. The lowest BCUT2D eigenvalue weighted by molar-refractivity contribution is 0.102. The molecule has 0 unspecified atom stereocenters. The Bertz CT molecular complexity index is 906. The molecule has 1 aliphatic rings. The normalized spacial score (nSPS) is 14.8. The fraction of sp³-hybridized carbons (Fsp3) is 0.350. The van der Waals surface area contributed by atoms with Crippen LogP contribution in [-0.2, 0) is 10.0 Å². The van der Waals surface area contributed by atoms with Crippen molar-refractivity contribution in [1.82, 2.24) is 4.72 Å². The molecule has 1 amide bonds. The number of nitrogens with one attached hydrogen (secondary N) is 2. The van der Waals surface area contributed by atoms with Crippen molar-refractivity contribution in [1.29, 1.82) is 0 Å². The zero-order valence-corrected chi connectivity index (χ0v) is 16.3. The molecule has 7 heteroatoms. The van der Waals surface area contributed by atoms with Crippen LogP contribution < -0.4 is 14.9 Å². The molecule has 0 bridgehead atoms. The van der Waals surface area contributed by atoms with E-state index in [0.717, 1.165) is 37.3 Å². The van der Waals surface area contributed by atoms with Gasteiger partial charge in [0.05, 0.1) is 16.3 Å². The van der Waals surface area contributed by atoms with Crippen molar-refractivity contribution in [2.75, 3.05) is 29.9 Å². The quantitative estimate of drug-likeness (QED) is 0.798. The molecule has 144 valence electrons. The third-order valence-electron chi connectivity index (χ3n) is 4.59. The Morgan fingerprint density at radius 3 is 2.52 bits per heavy atom. The minimum atomic E-state index is -3.60. The monoisotopic (exact) mass is 387 g/mol. The van der Waals surface area contributed by atoms with Gasteiger partial charge in [-0.3, -0.25) is 4.79 Å². The molecule has 0 spiro atoms. The number of amides is 1. The molecule has 0 saturated carbocycles. The number of para-hydroxylation sites is 2. The van der Waals surface area contributed by atoms with Gasteiger partial charge in [0.15, 0.2) is 0 Å². The van der Waals surface area contributed by atoms with Crippen LogP contribution in [0.2, 0.25) is 0 Å². The summed E-state index contributed by atoms with van der Waals surface area (Å²) in [4.78, 5) is 15.1. The van der Waals surface area contributed by atoms with Gasteiger partial charge in [-0.1, -0.05) is 25.1 Å². The topological polar surface area (TPSA) is 78.5 Å². The van der Waals surface area contributed by atoms with Gasteiger partial charge in [-0.05, 0) is 49.6 Å². The zero-order valence-electron chi connectivity index (χ0n) is 15.4. The highest BCUT2D eigenvalue weighted by atomic mass is 32.2. The van der Waals surface area contributed by atoms with Crippen molar-refractivity contribution in [2.45, 2.75) is 31.1 Å². The predicted octanol–water partition coefficient (Wildman–Crippen LogP) is 3.23. The van der Waals surface area contributed by atoms with Crippen molar-refractivity contribution in [3.05, 3.63) is 54.1 Å². The number of nitrogens with zero attached hydrogens (tertiary/aromatic N) is 1. The molecule has 2 N–H and O–H groups in total. The van der Waals surface area contributed by atoms with Gasteiger partial charge >= 0.3 is 0 Å². The average Bonchev–Trinajstić information content (AvgIpc) is 2.69. The van der Waals surface area contributed by atoms with Crippen LogP contribution in [0.1, 0.15) is 36.5 Å². The molecular formula is C20H25N3O3S. The number of hydrogen-bond donors (Lipinski definition) is 2. The molecule has 2 aromatic carbocycles. The maximum atomic E-state index is 12.7. The molecule has 1 aliphatic heterocycles. The molecule has 0 radical (unpaired) electrons. The van der Waals surface area contributed by atoms with Crippen LogP contribution in [0, 0.1) is 0 Å². The van der Waals surface area contributed by atoms with Crippen molar-refractivity contribution in [3.63, 3.8) is 0 Å². The van der Waals surface area contributed by atoms with E-state index < -0.39 is 10.0 Å². The highest BCUT2D eigenvalue weighted by molar-refractivity contribution is 7.89. The third kappa shape index (κ3) is 4.67. The molecule has 27 heavy (non-hydrogen) atoms. The van der Waals surface area contributed by atoms with Gasteiger partial charge in [-0.25, -0.2) is 13.1 Å². The van der Waals surface area contributed by atoms with Crippen LogP contribution in [-0.4, -0.2) is 34.0 Å². The second-order valence-corrected chi connectivity index (χ2v) is 8.32. The lowest BCUT2D eigenvalue weighted by Crippen LogP contribution is -2.30. The number of anilines is 2. The van der Waals surface area contributed by atoms with E-state index in [9.17, 15) is 13.2 Å². The summed E-state index contributed by atoms with van der Waals surface area (Å²) in [5, 5.41) is 2.94. The number of carbonyl (C=O) groups excluding carboxylic acids is 1. The van der Waals surface area contributed by atoms with Crippen molar-refractivity contribution >= 4 is 27.3 Å². The molecule has 6 nitrogen and oxygen atoms in total. The van der Waals surface area contributed by atoms with Gasteiger partial charge in [-0.2, -0.15) is 0 Å². The van der Waals surface area contributed by atoms with Crippen LogP contribution in [0.5, 0.6) is 0 Å². The minimum absolute atomic E-state index is 0.0846. The van der Waals surface area contributed by atoms with E-state index >= 15 is 0 Å². The predicted molar refractivity (Wildman–Crippen MR) is 108 cm³/mol. The Kier molecular flexibility index (Phi) is 6.13. The maximum Gasteiger partial charge on any atom is 0.255 e. The maximum absolute atomic E-state index is 12.7. The first-order chi connectivity index (χ1) is 13.0. The molecule has 0 atom stereocenters. The van der Waals surface area contributed by atoms with Crippen molar-refractivity contribution in [2.24, 2.45) is 0 Å². The summed E-state index contributed by atoms with van der Waals surface area (Å²) in [5.41, 5.74) is 2.05. The van der Waals surface area contributed by atoms with Gasteiger partial charge in [0.1, 0.15) is 0 Å². The summed E-state index contributed by atoms with van der Waals surface area (Å²) in [7, 11) is -3.60. The molecule has 1 fully saturated rings. The van der Waals surface area contributed by atoms with E-state index in [-0.39, 0.29) is 10.8 Å². The van der Waals surface area contributed by atoms with Crippen LogP contribution in [0.15, 0.2) is 53.4 Å². The molecular weight excluding hydrogens is 362 g/mol. The third-order valence-corrected chi connectivity index (χ3v) is 6.13. The zero-order chi connectivity index (χ0) is 19.3. The van der Waals surface area contributed by atoms with E-state index in [1.54, 1.807) is 19.1 Å². The van der Waals surface area contributed by atoms with Crippen molar-refractivity contribution in [3.8, 4) is 0 Å². The number of hydrogen-bond acceptors (Lipinski definition) is 4. The lowest BCUT2D eigenvalue weighted by Gasteiger charge is -2.30. The second kappa shape index (κ2) is 8.54.